The summed E-state index contributed by atoms with van der Waals surface area (Å²) in [6.07, 6.45) is 1.93. The minimum atomic E-state index is -0.207. The number of ether oxygens (including phenoxy) is 3. The Balaban J connectivity index is 1.32. The van der Waals surface area contributed by atoms with E-state index in [9.17, 15) is 4.79 Å². The van der Waals surface area contributed by atoms with Gasteiger partial charge in [-0.3, -0.25) is 4.79 Å². The molecule has 8 heteroatoms. The molecule has 0 unspecified atom stereocenters. The molecule has 1 amide bonds. The summed E-state index contributed by atoms with van der Waals surface area (Å²) in [5, 5.41) is 8.58. The highest BCUT2D eigenvalue weighted by molar-refractivity contribution is 6.31. The van der Waals surface area contributed by atoms with Crippen molar-refractivity contribution < 1.29 is 19.0 Å². The molecule has 0 bridgehead atoms. The predicted octanol–water partition coefficient (Wildman–Crippen LogP) is 4.59. The van der Waals surface area contributed by atoms with E-state index >= 15 is 0 Å². The highest BCUT2D eigenvalue weighted by Crippen LogP contribution is 2.40. The van der Waals surface area contributed by atoms with Crippen LogP contribution in [0.5, 0.6) is 11.5 Å². The van der Waals surface area contributed by atoms with Gasteiger partial charge in [-0.15, -0.1) is 0 Å². The first-order valence-corrected chi connectivity index (χ1v) is 12.3. The molecule has 1 saturated heterocycles. The van der Waals surface area contributed by atoms with Crippen LogP contribution in [0, 0.1) is 20.8 Å². The second-order valence-corrected chi connectivity index (χ2v) is 9.82. The van der Waals surface area contributed by atoms with Gasteiger partial charge in [0.05, 0.1) is 17.8 Å². The Morgan fingerprint density at radius 3 is 2.63 bits per heavy atom. The quantitative estimate of drug-likeness (QED) is 0.541. The van der Waals surface area contributed by atoms with E-state index in [-0.39, 0.29) is 24.5 Å². The maximum Gasteiger partial charge on any atom is 0.231 e. The Labute approximate surface area is 210 Å². The van der Waals surface area contributed by atoms with Crippen molar-refractivity contribution in [3.63, 3.8) is 0 Å². The van der Waals surface area contributed by atoms with Gasteiger partial charge in [0.25, 0.3) is 0 Å². The molecule has 184 valence electrons. The molecule has 35 heavy (non-hydrogen) atoms. The second-order valence-electron chi connectivity index (χ2n) is 9.41. The van der Waals surface area contributed by atoms with Gasteiger partial charge in [-0.2, -0.15) is 5.10 Å². The topological polar surface area (TPSA) is 74.6 Å². The van der Waals surface area contributed by atoms with Gasteiger partial charge in [0, 0.05) is 41.5 Å². The molecular formula is C27H30ClN3O4. The normalized spacial score (nSPS) is 16.3. The summed E-state index contributed by atoms with van der Waals surface area (Å²) < 4.78 is 18.6. The molecule has 2 aliphatic heterocycles. The van der Waals surface area contributed by atoms with Crippen molar-refractivity contribution >= 4 is 17.5 Å². The summed E-state index contributed by atoms with van der Waals surface area (Å²) >= 11 is 6.33. The Morgan fingerprint density at radius 1 is 1.09 bits per heavy atom. The molecule has 5 rings (SSSR count). The third kappa shape index (κ3) is 4.62. The van der Waals surface area contributed by atoms with E-state index in [0.29, 0.717) is 24.8 Å². The number of rotatable bonds is 6. The standard InChI is InChI=1S/C27H30ClN3O4/c1-17-4-6-21(13-23(17)28)31-19(3)22(18(2)30-31)14-26(32)29-15-27(8-10-33-11-9-27)20-5-7-24-25(12-20)35-16-34-24/h4-7,12-13H,8-11,14-16H2,1-3H3,(H,29,32). The number of nitrogens with zero attached hydrogens (tertiary/aromatic N) is 2. The average Bonchev–Trinajstić information content (AvgIpc) is 3.44. The molecule has 0 spiro atoms. The number of benzene rings is 2. The zero-order chi connectivity index (χ0) is 24.6. The summed E-state index contributed by atoms with van der Waals surface area (Å²) in [6, 6.07) is 11.9. The number of nitrogens with one attached hydrogen (secondary N) is 1. The van der Waals surface area contributed by atoms with Gasteiger partial charge in [0.15, 0.2) is 11.5 Å². The molecule has 7 nitrogen and oxygen atoms in total. The lowest BCUT2D eigenvalue weighted by Crippen LogP contribution is -2.45. The van der Waals surface area contributed by atoms with Gasteiger partial charge in [0.2, 0.25) is 12.7 Å². The number of hydrogen-bond donors (Lipinski definition) is 1. The lowest BCUT2D eigenvalue weighted by Gasteiger charge is -2.38. The Kier molecular flexibility index (Phi) is 6.47. The van der Waals surface area contributed by atoms with E-state index in [4.69, 9.17) is 25.8 Å². The summed E-state index contributed by atoms with van der Waals surface area (Å²) in [5.41, 5.74) is 5.55. The van der Waals surface area contributed by atoms with E-state index in [0.717, 1.165) is 58.1 Å². The zero-order valence-corrected chi connectivity index (χ0v) is 21.1. The van der Waals surface area contributed by atoms with Crippen molar-refractivity contribution in [2.45, 2.75) is 45.4 Å². The van der Waals surface area contributed by atoms with Crippen LogP contribution in [0.1, 0.15) is 40.9 Å². The first-order chi connectivity index (χ1) is 16.9. The molecule has 1 N–H and O–H groups in total. The van der Waals surface area contributed by atoms with E-state index in [1.54, 1.807) is 0 Å². The molecular weight excluding hydrogens is 466 g/mol. The lowest BCUT2D eigenvalue weighted by atomic mass is 9.74. The monoisotopic (exact) mass is 495 g/mol. The van der Waals surface area contributed by atoms with Crippen LogP contribution in [0.3, 0.4) is 0 Å². The highest BCUT2D eigenvalue weighted by Gasteiger charge is 2.36. The van der Waals surface area contributed by atoms with Crippen LogP contribution in [0.4, 0.5) is 0 Å². The first kappa shape index (κ1) is 23.7. The predicted molar refractivity (Wildman–Crippen MR) is 134 cm³/mol. The van der Waals surface area contributed by atoms with Gasteiger partial charge >= 0.3 is 0 Å². The van der Waals surface area contributed by atoms with Crippen LogP contribution >= 0.6 is 11.6 Å². The van der Waals surface area contributed by atoms with Crippen LogP contribution in [0.2, 0.25) is 5.02 Å². The number of hydrogen-bond acceptors (Lipinski definition) is 5. The maximum absolute atomic E-state index is 13.1. The third-order valence-corrected chi connectivity index (χ3v) is 7.64. The Bertz CT molecular complexity index is 1260. The largest absolute Gasteiger partial charge is 0.454 e. The number of amides is 1. The summed E-state index contributed by atoms with van der Waals surface area (Å²) in [7, 11) is 0. The van der Waals surface area contributed by atoms with Crippen LogP contribution in [0.15, 0.2) is 36.4 Å². The van der Waals surface area contributed by atoms with E-state index < -0.39 is 0 Å². The minimum absolute atomic E-state index is 0.0238. The van der Waals surface area contributed by atoms with Crippen molar-refractivity contribution in [2.24, 2.45) is 0 Å². The minimum Gasteiger partial charge on any atom is -0.454 e. The molecule has 2 aromatic carbocycles. The molecule has 0 saturated carbocycles. The SMILES string of the molecule is Cc1ccc(-n2nc(C)c(CC(=O)NCC3(c4ccc5c(c4)OCO5)CCOCC3)c2C)cc1Cl. The lowest BCUT2D eigenvalue weighted by molar-refractivity contribution is -0.121. The van der Waals surface area contributed by atoms with Crippen molar-refractivity contribution in [1.82, 2.24) is 15.1 Å². The second kappa shape index (κ2) is 9.55. The summed E-state index contributed by atoms with van der Waals surface area (Å²) in [6.45, 7) is 8.00. The van der Waals surface area contributed by atoms with Gasteiger partial charge in [-0.05, 0) is 69.0 Å². The molecule has 0 atom stereocenters. The van der Waals surface area contributed by atoms with Crippen LogP contribution in [-0.2, 0) is 21.4 Å². The van der Waals surface area contributed by atoms with E-state index in [2.05, 4.69) is 16.5 Å². The zero-order valence-electron chi connectivity index (χ0n) is 20.3. The van der Waals surface area contributed by atoms with E-state index in [1.807, 2.05) is 55.8 Å². The van der Waals surface area contributed by atoms with Crippen molar-refractivity contribution in [3.05, 3.63) is 69.5 Å². The third-order valence-electron chi connectivity index (χ3n) is 7.24. The van der Waals surface area contributed by atoms with Crippen molar-refractivity contribution in [3.8, 4) is 17.2 Å². The maximum atomic E-state index is 13.1. The van der Waals surface area contributed by atoms with Gasteiger partial charge < -0.3 is 19.5 Å². The van der Waals surface area contributed by atoms with Crippen LogP contribution in [0.25, 0.3) is 5.69 Å². The fraction of sp³-hybridized carbons (Fsp3) is 0.407. The number of aryl methyl sites for hydroxylation is 2. The summed E-state index contributed by atoms with van der Waals surface area (Å²) in [5.74, 6) is 1.50. The van der Waals surface area contributed by atoms with Gasteiger partial charge in [0.1, 0.15) is 0 Å². The highest BCUT2D eigenvalue weighted by atomic mass is 35.5. The Hall–Kier alpha value is -3.03. The van der Waals surface area contributed by atoms with E-state index in [1.165, 1.54) is 0 Å². The van der Waals surface area contributed by atoms with Crippen LogP contribution in [-0.4, -0.2) is 42.2 Å². The van der Waals surface area contributed by atoms with Crippen LogP contribution < -0.4 is 14.8 Å². The molecule has 3 heterocycles. The molecule has 0 aliphatic carbocycles. The Morgan fingerprint density at radius 2 is 1.86 bits per heavy atom. The summed E-state index contributed by atoms with van der Waals surface area (Å²) in [4.78, 5) is 13.1. The van der Waals surface area contributed by atoms with Crippen molar-refractivity contribution in [1.29, 1.82) is 0 Å². The fourth-order valence-electron chi connectivity index (χ4n) is 4.94. The van der Waals surface area contributed by atoms with Gasteiger partial charge in [-0.25, -0.2) is 4.68 Å². The molecule has 2 aliphatic rings. The number of halogens is 1. The fourth-order valence-corrected chi connectivity index (χ4v) is 5.12. The average molecular weight is 496 g/mol. The number of carbonyl (C=O) groups is 1. The first-order valence-electron chi connectivity index (χ1n) is 11.9. The molecule has 1 aromatic heterocycles. The van der Waals surface area contributed by atoms with Crippen molar-refractivity contribution in [2.75, 3.05) is 26.6 Å². The smallest absolute Gasteiger partial charge is 0.231 e. The number of carbonyl (C=O) groups excluding carboxylic acids is 1. The number of aromatic nitrogens is 2. The molecule has 1 fully saturated rings. The van der Waals surface area contributed by atoms with Gasteiger partial charge in [-0.1, -0.05) is 23.7 Å². The molecule has 0 radical (unpaired) electrons. The number of fused-ring (bicyclic) bond motifs is 1. The molecule has 3 aromatic rings.